The lowest BCUT2D eigenvalue weighted by Gasteiger charge is -2.25. The lowest BCUT2D eigenvalue weighted by molar-refractivity contribution is -0.120. The fourth-order valence-electron chi connectivity index (χ4n) is 3.67. The molecule has 0 saturated heterocycles. The molecule has 2 aromatic carbocycles. The molecule has 1 fully saturated rings. The fraction of sp³-hybridized carbons (Fsp3) is 0.333. The first-order valence-corrected chi connectivity index (χ1v) is 11.5. The molecular weight excluding hydrogens is 411 g/mol. The second kappa shape index (κ2) is 9.58. The molecule has 4 rings (SSSR count). The van der Waals surface area contributed by atoms with Gasteiger partial charge in [0, 0.05) is 23.7 Å². The molecule has 1 aromatic heterocycles. The van der Waals surface area contributed by atoms with Crippen LogP contribution in [0.2, 0.25) is 0 Å². The molecule has 0 bridgehead atoms. The van der Waals surface area contributed by atoms with Crippen LogP contribution in [0.5, 0.6) is 0 Å². The number of thiazole rings is 1. The summed E-state index contributed by atoms with van der Waals surface area (Å²) in [6.45, 7) is 3.35. The molecule has 162 valence electrons. The van der Waals surface area contributed by atoms with Gasteiger partial charge in [-0.05, 0) is 56.0 Å². The Balaban J connectivity index is 1.55. The van der Waals surface area contributed by atoms with Crippen LogP contribution >= 0.6 is 11.3 Å². The summed E-state index contributed by atoms with van der Waals surface area (Å²) in [5.74, 6) is -0.553. The van der Waals surface area contributed by atoms with Crippen molar-refractivity contribution in [3.8, 4) is 0 Å². The number of nitrogens with zero attached hydrogens (tertiary/aromatic N) is 3. The van der Waals surface area contributed by atoms with Gasteiger partial charge in [0.05, 0.1) is 18.3 Å². The van der Waals surface area contributed by atoms with E-state index in [9.17, 15) is 9.18 Å². The molecule has 0 unspecified atom stereocenters. The maximum absolute atomic E-state index is 13.5. The normalized spacial score (nSPS) is 14.3. The summed E-state index contributed by atoms with van der Waals surface area (Å²) in [7, 11) is 0. The summed E-state index contributed by atoms with van der Waals surface area (Å²) in [5.41, 5.74) is 8.72. The Bertz CT molecular complexity index is 1000. The van der Waals surface area contributed by atoms with Gasteiger partial charge in [-0.3, -0.25) is 4.79 Å². The number of nitrogens with two attached hydrogens (primary N) is 1. The van der Waals surface area contributed by atoms with E-state index in [1.54, 1.807) is 28.4 Å². The third kappa shape index (κ3) is 5.29. The third-order valence-electron chi connectivity index (χ3n) is 5.45. The smallest absolute Gasteiger partial charge is 0.244 e. The minimum absolute atomic E-state index is 0.209. The Morgan fingerprint density at radius 1 is 1.19 bits per heavy atom. The zero-order valence-corrected chi connectivity index (χ0v) is 18.4. The average molecular weight is 439 g/mol. The van der Waals surface area contributed by atoms with E-state index >= 15 is 0 Å². The van der Waals surface area contributed by atoms with Gasteiger partial charge >= 0.3 is 0 Å². The number of hydrogen-bond donors (Lipinski definition) is 1. The Morgan fingerprint density at radius 3 is 2.55 bits per heavy atom. The van der Waals surface area contributed by atoms with E-state index in [1.807, 2.05) is 35.7 Å². The van der Waals surface area contributed by atoms with Crippen molar-refractivity contribution in [3.05, 3.63) is 77.1 Å². The molecule has 1 atom stereocenters. The number of rotatable bonds is 9. The van der Waals surface area contributed by atoms with Crippen molar-refractivity contribution in [3.63, 3.8) is 0 Å². The predicted octanol–water partition coefficient (Wildman–Crippen LogP) is 4.37. The number of amides is 1. The highest BCUT2D eigenvalue weighted by atomic mass is 32.1. The number of hydrogen-bond acceptors (Lipinski definition) is 5. The van der Waals surface area contributed by atoms with Crippen LogP contribution < -0.4 is 15.5 Å². The van der Waals surface area contributed by atoms with Crippen molar-refractivity contribution in [2.75, 3.05) is 16.3 Å². The first-order chi connectivity index (χ1) is 15.0. The minimum atomic E-state index is -0.704. The fourth-order valence-corrected chi connectivity index (χ4v) is 4.62. The third-order valence-corrected chi connectivity index (χ3v) is 6.38. The Morgan fingerprint density at radius 2 is 1.90 bits per heavy atom. The van der Waals surface area contributed by atoms with Crippen LogP contribution in [0.25, 0.3) is 0 Å². The van der Waals surface area contributed by atoms with Gasteiger partial charge in [-0.15, -0.1) is 11.3 Å². The number of carbonyl (C=O) groups excluding carboxylic acids is 1. The minimum Gasteiger partial charge on any atom is -0.345 e. The summed E-state index contributed by atoms with van der Waals surface area (Å²) >= 11 is 1.60. The lowest BCUT2D eigenvalue weighted by Crippen LogP contribution is -2.45. The van der Waals surface area contributed by atoms with Crippen molar-refractivity contribution in [1.29, 1.82) is 0 Å². The van der Waals surface area contributed by atoms with Crippen LogP contribution in [0.1, 0.15) is 31.0 Å². The van der Waals surface area contributed by atoms with Gasteiger partial charge in [-0.2, -0.15) is 0 Å². The quantitative estimate of drug-likeness (QED) is 0.539. The second-order valence-electron chi connectivity index (χ2n) is 7.84. The van der Waals surface area contributed by atoms with Gasteiger partial charge in [-0.25, -0.2) is 9.37 Å². The van der Waals surface area contributed by atoms with E-state index in [2.05, 4.69) is 11.8 Å². The highest BCUT2D eigenvalue weighted by Crippen LogP contribution is 2.33. The topological polar surface area (TPSA) is 62.5 Å². The highest BCUT2D eigenvalue weighted by molar-refractivity contribution is 7.13. The Labute approximate surface area is 186 Å². The van der Waals surface area contributed by atoms with Gasteiger partial charge in [0.15, 0.2) is 5.13 Å². The van der Waals surface area contributed by atoms with Gasteiger partial charge in [0.1, 0.15) is 5.82 Å². The summed E-state index contributed by atoms with van der Waals surface area (Å²) in [6, 6.07) is 15.5. The second-order valence-corrected chi connectivity index (χ2v) is 8.67. The molecule has 1 aliphatic carbocycles. The van der Waals surface area contributed by atoms with Crippen LogP contribution in [-0.2, 0) is 17.8 Å². The van der Waals surface area contributed by atoms with Gasteiger partial charge < -0.3 is 15.5 Å². The van der Waals surface area contributed by atoms with E-state index in [4.69, 9.17) is 10.7 Å². The maximum atomic E-state index is 13.5. The highest BCUT2D eigenvalue weighted by Gasteiger charge is 2.30. The maximum Gasteiger partial charge on any atom is 0.244 e. The first-order valence-electron chi connectivity index (χ1n) is 10.6. The van der Waals surface area contributed by atoms with E-state index in [0.717, 1.165) is 22.9 Å². The monoisotopic (exact) mass is 438 g/mol. The van der Waals surface area contributed by atoms with E-state index < -0.39 is 6.04 Å². The molecule has 0 spiro atoms. The van der Waals surface area contributed by atoms with Crippen LogP contribution in [0.15, 0.2) is 60.0 Å². The zero-order valence-electron chi connectivity index (χ0n) is 17.6. The summed E-state index contributed by atoms with van der Waals surface area (Å²) < 4.78 is 13.5. The predicted molar refractivity (Wildman–Crippen MR) is 124 cm³/mol. The summed E-state index contributed by atoms with van der Waals surface area (Å²) in [5, 5.41) is 2.98. The molecule has 7 heteroatoms. The van der Waals surface area contributed by atoms with Crippen molar-refractivity contribution in [2.45, 2.75) is 44.8 Å². The molecule has 0 radical (unpaired) electrons. The van der Waals surface area contributed by atoms with E-state index in [-0.39, 0.29) is 11.7 Å². The SMILES string of the molecule is CCN(c1nc(CN(C(=O)[C@@H](N)Cc2ccccc2)c2ccc(F)cc2)cs1)C1CC1. The zero-order chi connectivity index (χ0) is 21.8. The molecule has 0 aliphatic heterocycles. The molecule has 5 nitrogen and oxygen atoms in total. The first kappa shape index (κ1) is 21.5. The summed E-state index contributed by atoms with van der Waals surface area (Å²) in [6.07, 6.45) is 2.85. The van der Waals surface area contributed by atoms with Crippen molar-refractivity contribution < 1.29 is 9.18 Å². The molecule has 1 saturated carbocycles. The average Bonchev–Trinajstić information content (AvgIpc) is 3.51. The molecule has 1 amide bonds. The number of carbonyl (C=O) groups is 1. The van der Waals surface area contributed by atoms with Crippen LogP contribution in [0, 0.1) is 5.82 Å². The van der Waals surface area contributed by atoms with Crippen LogP contribution in [0.3, 0.4) is 0 Å². The molecule has 2 N–H and O–H groups in total. The van der Waals surface area contributed by atoms with Crippen molar-refractivity contribution in [2.24, 2.45) is 5.73 Å². The van der Waals surface area contributed by atoms with Gasteiger partial charge in [-0.1, -0.05) is 30.3 Å². The largest absolute Gasteiger partial charge is 0.345 e. The van der Waals surface area contributed by atoms with Crippen LogP contribution in [0.4, 0.5) is 15.2 Å². The summed E-state index contributed by atoms with van der Waals surface area (Å²) in [4.78, 5) is 22.0. The van der Waals surface area contributed by atoms with Crippen LogP contribution in [-0.4, -0.2) is 29.5 Å². The molecule has 31 heavy (non-hydrogen) atoms. The number of aromatic nitrogens is 1. The Hall–Kier alpha value is -2.77. The standard InChI is InChI=1S/C24H27FN4OS/c1-2-28(20-12-13-20)24-27-19(16-31-24)15-29(21-10-8-18(25)9-11-21)23(30)22(26)14-17-6-4-3-5-7-17/h3-11,16,20,22H,2,12-15,26H2,1H3/t22-/m0/s1. The van der Waals surface area contributed by atoms with Crippen molar-refractivity contribution in [1.82, 2.24) is 4.98 Å². The van der Waals surface area contributed by atoms with Crippen molar-refractivity contribution >= 4 is 28.1 Å². The van der Waals surface area contributed by atoms with Gasteiger partial charge in [0.25, 0.3) is 0 Å². The molecule has 1 heterocycles. The number of benzene rings is 2. The Kier molecular flexibility index (Phi) is 6.63. The lowest BCUT2D eigenvalue weighted by atomic mass is 10.1. The van der Waals surface area contributed by atoms with E-state index in [0.29, 0.717) is 24.7 Å². The molecule has 3 aromatic rings. The number of halogens is 1. The van der Waals surface area contributed by atoms with E-state index in [1.165, 1.54) is 25.0 Å². The van der Waals surface area contributed by atoms with Gasteiger partial charge in [0.2, 0.25) is 5.91 Å². The number of anilines is 2. The molecular formula is C24H27FN4OS. The molecule has 1 aliphatic rings.